The number of benzene rings is 2. The number of hydrogen-bond acceptors (Lipinski definition) is 4. The van der Waals surface area contributed by atoms with Gasteiger partial charge in [-0.05, 0) is 48.2 Å². The summed E-state index contributed by atoms with van der Waals surface area (Å²) in [6.07, 6.45) is 2.07. The van der Waals surface area contributed by atoms with Crippen molar-refractivity contribution >= 4 is 5.91 Å². The van der Waals surface area contributed by atoms with E-state index >= 15 is 0 Å². The molecular weight excluding hydrogens is 330 g/mol. The van der Waals surface area contributed by atoms with Crippen molar-refractivity contribution in [1.29, 1.82) is 0 Å². The molecule has 140 valence electrons. The molecule has 0 aliphatic heterocycles. The second-order valence-electron chi connectivity index (χ2n) is 5.89. The second kappa shape index (κ2) is 10.3. The molecule has 2 aromatic rings. The van der Waals surface area contributed by atoms with Crippen molar-refractivity contribution in [2.75, 3.05) is 27.4 Å². The van der Waals surface area contributed by atoms with Crippen LogP contribution in [0.2, 0.25) is 0 Å². The Morgan fingerprint density at radius 2 is 1.65 bits per heavy atom. The van der Waals surface area contributed by atoms with Crippen molar-refractivity contribution in [2.24, 2.45) is 0 Å². The largest absolute Gasteiger partial charge is 0.493 e. The number of ether oxygens (including phenoxy) is 3. The van der Waals surface area contributed by atoms with Crippen molar-refractivity contribution < 1.29 is 19.0 Å². The topological polar surface area (TPSA) is 56.8 Å². The fourth-order valence-corrected chi connectivity index (χ4v) is 2.56. The fraction of sp³-hybridized carbons (Fsp3) is 0.381. The molecule has 2 rings (SSSR count). The molecule has 0 unspecified atom stereocenters. The van der Waals surface area contributed by atoms with E-state index in [-0.39, 0.29) is 5.91 Å². The average Bonchev–Trinajstić information content (AvgIpc) is 2.69. The third-order valence-corrected chi connectivity index (χ3v) is 4.11. The summed E-state index contributed by atoms with van der Waals surface area (Å²) < 4.78 is 16.1. The molecule has 2 aromatic carbocycles. The molecule has 0 radical (unpaired) electrons. The van der Waals surface area contributed by atoms with E-state index in [0.717, 1.165) is 17.7 Å². The highest BCUT2D eigenvalue weighted by Gasteiger charge is 2.07. The lowest BCUT2D eigenvalue weighted by atomic mass is 10.1. The summed E-state index contributed by atoms with van der Waals surface area (Å²) in [6, 6.07) is 13.7. The number of amides is 1. The van der Waals surface area contributed by atoms with E-state index in [1.54, 1.807) is 14.2 Å². The molecule has 1 N–H and O–H groups in total. The molecule has 0 saturated heterocycles. The summed E-state index contributed by atoms with van der Waals surface area (Å²) >= 11 is 0. The number of nitrogens with one attached hydrogen (secondary N) is 1. The Hall–Kier alpha value is -2.69. The standard InChI is InChI=1S/C21H27NO4/c1-4-16-5-9-18(10-6-16)26-14-13-22-21(23)12-8-17-7-11-19(24-2)20(15-17)25-3/h5-7,9-11,15H,4,8,12-14H2,1-3H3,(H,22,23). The lowest BCUT2D eigenvalue weighted by Gasteiger charge is -2.10. The van der Waals surface area contributed by atoms with Crippen LogP contribution in [0.4, 0.5) is 0 Å². The number of carbonyl (C=O) groups is 1. The van der Waals surface area contributed by atoms with Crippen LogP contribution in [-0.4, -0.2) is 33.3 Å². The van der Waals surface area contributed by atoms with Gasteiger partial charge in [0.2, 0.25) is 5.91 Å². The molecule has 0 heterocycles. The van der Waals surface area contributed by atoms with Crippen molar-refractivity contribution in [3.05, 3.63) is 53.6 Å². The third-order valence-electron chi connectivity index (χ3n) is 4.11. The normalized spacial score (nSPS) is 10.3. The van der Waals surface area contributed by atoms with E-state index in [2.05, 4.69) is 24.4 Å². The molecule has 26 heavy (non-hydrogen) atoms. The maximum absolute atomic E-state index is 12.0. The Balaban J connectivity index is 1.68. The zero-order chi connectivity index (χ0) is 18.8. The van der Waals surface area contributed by atoms with Gasteiger partial charge < -0.3 is 19.5 Å². The first-order valence-corrected chi connectivity index (χ1v) is 8.85. The Bertz CT molecular complexity index is 698. The minimum atomic E-state index is 0.00437. The summed E-state index contributed by atoms with van der Waals surface area (Å²) in [5.41, 5.74) is 2.31. The molecular formula is C21H27NO4. The van der Waals surface area contributed by atoms with Crippen molar-refractivity contribution in [3.63, 3.8) is 0 Å². The number of aryl methyl sites for hydroxylation is 2. The van der Waals surface area contributed by atoms with Crippen molar-refractivity contribution in [3.8, 4) is 17.2 Å². The fourth-order valence-electron chi connectivity index (χ4n) is 2.56. The van der Waals surface area contributed by atoms with Crippen LogP contribution in [0.1, 0.15) is 24.5 Å². The first-order valence-electron chi connectivity index (χ1n) is 8.85. The van der Waals surface area contributed by atoms with E-state index in [1.807, 2.05) is 30.3 Å². The number of hydrogen-bond donors (Lipinski definition) is 1. The maximum Gasteiger partial charge on any atom is 0.220 e. The van der Waals surface area contributed by atoms with Crippen LogP contribution in [0, 0.1) is 0 Å². The smallest absolute Gasteiger partial charge is 0.220 e. The van der Waals surface area contributed by atoms with Gasteiger partial charge in [0.15, 0.2) is 11.5 Å². The Morgan fingerprint density at radius 1 is 0.962 bits per heavy atom. The Labute approximate surface area is 155 Å². The highest BCUT2D eigenvalue weighted by Crippen LogP contribution is 2.27. The van der Waals surface area contributed by atoms with Crippen LogP contribution < -0.4 is 19.5 Å². The average molecular weight is 357 g/mol. The third kappa shape index (κ3) is 5.99. The van der Waals surface area contributed by atoms with Crippen LogP contribution >= 0.6 is 0 Å². The molecule has 5 nitrogen and oxygen atoms in total. The zero-order valence-corrected chi connectivity index (χ0v) is 15.7. The van der Waals surface area contributed by atoms with E-state index in [9.17, 15) is 4.79 Å². The highest BCUT2D eigenvalue weighted by molar-refractivity contribution is 5.76. The van der Waals surface area contributed by atoms with Gasteiger partial charge in [-0.3, -0.25) is 4.79 Å². The molecule has 1 amide bonds. The minimum Gasteiger partial charge on any atom is -0.493 e. The molecule has 0 bridgehead atoms. The van der Waals surface area contributed by atoms with Gasteiger partial charge in [0, 0.05) is 6.42 Å². The van der Waals surface area contributed by atoms with E-state index in [0.29, 0.717) is 37.5 Å². The predicted octanol–water partition coefficient (Wildman–Crippen LogP) is 3.39. The lowest BCUT2D eigenvalue weighted by molar-refractivity contribution is -0.121. The SMILES string of the molecule is CCc1ccc(OCCNC(=O)CCc2ccc(OC)c(OC)c2)cc1. The molecule has 0 aliphatic rings. The monoisotopic (exact) mass is 357 g/mol. The van der Waals surface area contributed by atoms with E-state index in [4.69, 9.17) is 14.2 Å². The summed E-state index contributed by atoms with van der Waals surface area (Å²) in [6.45, 7) is 3.06. The van der Waals surface area contributed by atoms with E-state index in [1.165, 1.54) is 5.56 Å². The molecule has 0 atom stereocenters. The maximum atomic E-state index is 12.0. The first kappa shape index (κ1) is 19.6. The second-order valence-corrected chi connectivity index (χ2v) is 5.89. The van der Waals surface area contributed by atoms with Gasteiger partial charge in [0.05, 0.1) is 20.8 Å². The number of rotatable bonds is 10. The van der Waals surface area contributed by atoms with Gasteiger partial charge >= 0.3 is 0 Å². The quantitative estimate of drug-likeness (QED) is 0.662. The van der Waals surface area contributed by atoms with Gasteiger partial charge in [-0.15, -0.1) is 0 Å². The predicted molar refractivity (Wildman–Crippen MR) is 102 cm³/mol. The highest BCUT2D eigenvalue weighted by atomic mass is 16.5. The van der Waals surface area contributed by atoms with Crippen LogP contribution in [-0.2, 0) is 17.6 Å². The lowest BCUT2D eigenvalue weighted by Crippen LogP contribution is -2.28. The Kier molecular flexibility index (Phi) is 7.80. The minimum absolute atomic E-state index is 0.00437. The summed E-state index contributed by atoms with van der Waals surface area (Å²) in [5.74, 6) is 2.18. The van der Waals surface area contributed by atoms with Crippen molar-refractivity contribution in [2.45, 2.75) is 26.2 Å². The summed E-state index contributed by atoms with van der Waals surface area (Å²) in [7, 11) is 3.20. The van der Waals surface area contributed by atoms with Gasteiger partial charge in [0.1, 0.15) is 12.4 Å². The van der Waals surface area contributed by atoms with E-state index < -0.39 is 0 Å². The summed E-state index contributed by atoms with van der Waals surface area (Å²) in [4.78, 5) is 12.0. The molecule has 0 saturated carbocycles. The number of carbonyl (C=O) groups excluding carboxylic acids is 1. The molecule has 0 aromatic heterocycles. The van der Waals surface area contributed by atoms with Crippen molar-refractivity contribution in [1.82, 2.24) is 5.32 Å². The van der Waals surface area contributed by atoms with Crippen LogP contribution in [0.15, 0.2) is 42.5 Å². The van der Waals surface area contributed by atoms with Crippen LogP contribution in [0.3, 0.4) is 0 Å². The first-order chi connectivity index (χ1) is 12.7. The van der Waals surface area contributed by atoms with Gasteiger partial charge in [-0.2, -0.15) is 0 Å². The molecule has 0 fully saturated rings. The van der Waals surface area contributed by atoms with Gasteiger partial charge in [-0.1, -0.05) is 25.1 Å². The molecule has 0 aliphatic carbocycles. The zero-order valence-electron chi connectivity index (χ0n) is 15.7. The van der Waals surface area contributed by atoms with Crippen LogP contribution in [0.5, 0.6) is 17.2 Å². The molecule has 0 spiro atoms. The van der Waals surface area contributed by atoms with Crippen LogP contribution in [0.25, 0.3) is 0 Å². The summed E-state index contributed by atoms with van der Waals surface area (Å²) in [5, 5.41) is 2.88. The Morgan fingerprint density at radius 3 is 2.31 bits per heavy atom. The number of methoxy groups -OCH3 is 2. The molecule has 5 heteroatoms. The van der Waals surface area contributed by atoms with Gasteiger partial charge in [-0.25, -0.2) is 0 Å². The van der Waals surface area contributed by atoms with Gasteiger partial charge in [0.25, 0.3) is 0 Å².